The molecule has 3 unspecified atom stereocenters. The second kappa shape index (κ2) is 4.43. The van der Waals surface area contributed by atoms with Crippen LogP contribution in [0.1, 0.15) is 26.7 Å². The first-order chi connectivity index (χ1) is 5.24. The average Bonchev–Trinajstić information content (AvgIpc) is 1.98. The summed E-state index contributed by atoms with van der Waals surface area (Å²) in [5.74, 6) is 0. The van der Waals surface area contributed by atoms with Crippen molar-refractivity contribution in [1.82, 2.24) is 0 Å². The summed E-state index contributed by atoms with van der Waals surface area (Å²) in [5, 5.41) is 0. The van der Waals surface area contributed by atoms with E-state index >= 15 is 0 Å². The Morgan fingerprint density at radius 1 is 1.55 bits per heavy atom. The second-order valence-corrected chi connectivity index (χ2v) is 4.04. The Labute approximate surface area is 76.4 Å². The van der Waals surface area contributed by atoms with Crippen LogP contribution in [0, 0.1) is 0 Å². The van der Waals surface area contributed by atoms with Crippen LogP contribution in [0.3, 0.4) is 0 Å². The van der Waals surface area contributed by atoms with E-state index in [-0.39, 0.29) is 6.29 Å². The minimum absolute atomic E-state index is 0.0382. The molecule has 3 heteroatoms. The van der Waals surface area contributed by atoms with Gasteiger partial charge in [0.2, 0.25) is 0 Å². The number of ether oxygens (including phenoxy) is 2. The minimum atomic E-state index is -0.0382. The van der Waals surface area contributed by atoms with Crippen LogP contribution >= 0.6 is 15.9 Å². The van der Waals surface area contributed by atoms with Crippen molar-refractivity contribution in [3.05, 3.63) is 0 Å². The predicted octanol–water partition coefficient (Wildman–Crippen LogP) is 2.31. The fraction of sp³-hybridized carbons (Fsp3) is 1.00. The first-order valence-corrected chi connectivity index (χ1v) is 5.06. The van der Waals surface area contributed by atoms with Crippen molar-refractivity contribution in [1.29, 1.82) is 0 Å². The topological polar surface area (TPSA) is 18.5 Å². The van der Waals surface area contributed by atoms with Crippen molar-refractivity contribution in [2.75, 3.05) is 6.61 Å². The monoisotopic (exact) mass is 222 g/mol. The molecule has 1 heterocycles. The number of hydrogen-bond donors (Lipinski definition) is 0. The molecule has 0 saturated carbocycles. The number of halogens is 1. The number of hydrogen-bond acceptors (Lipinski definition) is 2. The van der Waals surface area contributed by atoms with Gasteiger partial charge in [-0.25, -0.2) is 0 Å². The molecule has 0 spiro atoms. The van der Waals surface area contributed by atoms with Crippen LogP contribution in [0.15, 0.2) is 0 Å². The molecule has 0 aromatic heterocycles. The van der Waals surface area contributed by atoms with Crippen LogP contribution in [0.5, 0.6) is 0 Å². The molecule has 1 aliphatic rings. The van der Waals surface area contributed by atoms with Crippen LogP contribution in [-0.4, -0.2) is 23.8 Å². The van der Waals surface area contributed by atoms with Gasteiger partial charge < -0.3 is 9.47 Å². The predicted molar refractivity (Wildman–Crippen MR) is 47.9 cm³/mol. The van der Waals surface area contributed by atoms with E-state index in [9.17, 15) is 0 Å². The van der Waals surface area contributed by atoms with Crippen molar-refractivity contribution in [3.8, 4) is 0 Å². The highest BCUT2D eigenvalue weighted by Gasteiger charge is 2.27. The maximum atomic E-state index is 5.57. The summed E-state index contributed by atoms with van der Waals surface area (Å²) in [7, 11) is 0. The molecular weight excluding hydrogens is 208 g/mol. The second-order valence-electron chi connectivity index (χ2n) is 2.86. The molecule has 2 nitrogen and oxygen atoms in total. The maximum absolute atomic E-state index is 5.57. The van der Waals surface area contributed by atoms with Gasteiger partial charge in [0.05, 0.1) is 10.9 Å². The van der Waals surface area contributed by atoms with Gasteiger partial charge in [-0.15, -0.1) is 0 Å². The van der Waals surface area contributed by atoms with Crippen molar-refractivity contribution < 1.29 is 9.47 Å². The third-order valence-electron chi connectivity index (χ3n) is 1.84. The fourth-order valence-electron chi connectivity index (χ4n) is 1.22. The standard InChI is InChI=1S/C8H15BrO2/c1-3-10-8-7(9)5-4-6(2)11-8/h6-8H,3-5H2,1-2H3. The van der Waals surface area contributed by atoms with E-state index < -0.39 is 0 Å². The molecule has 66 valence electrons. The summed E-state index contributed by atoms with van der Waals surface area (Å²) in [6, 6.07) is 0. The summed E-state index contributed by atoms with van der Waals surface area (Å²) in [6.45, 7) is 4.80. The Hall–Kier alpha value is 0.400. The minimum Gasteiger partial charge on any atom is -0.352 e. The van der Waals surface area contributed by atoms with Gasteiger partial charge in [-0.1, -0.05) is 15.9 Å². The quantitative estimate of drug-likeness (QED) is 0.669. The third kappa shape index (κ3) is 2.73. The zero-order chi connectivity index (χ0) is 8.27. The highest BCUT2D eigenvalue weighted by Crippen LogP contribution is 2.25. The largest absolute Gasteiger partial charge is 0.352 e. The molecule has 0 aromatic carbocycles. The Kier molecular flexibility index (Phi) is 3.82. The van der Waals surface area contributed by atoms with Crippen molar-refractivity contribution >= 4 is 15.9 Å². The van der Waals surface area contributed by atoms with E-state index in [2.05, 4.69) is 22.9 Å². The Bertz CT molecular complexity index is 119. The maximum Gasteiger partial charge on any atom is 0.170 e. The lowest BCUT2D eigenvalue weighted by Crippen LogP contribution is -2.36. The smallest absolute Gasteiger partial charge is 0.170 e. The highest BCUT2D eigenvalue weighted by atomic mass is 79.9. The lowest BCUT2D eigenvalue weighted by molar-refractivity contribution is -0.181. The van der Waals surface area contributed by atoms with Gasteiger partial charge in [0.1, 0.15) is 0 Å². The molecule has 1 fully saturated rings. The summed E-state index contributed by atoms with van der Waals surface area (Å²) in [6.07, 6.45) is 2.58. The van der Waals surface area contributed by atoms with Crippen molar-refractivity contribution in [2.24, 2.45) is 0 Å². The van der Waals surface area contributed by atoms with E-state index in [4.69, 9.17) is 9.47 Å². The lowest BCUT2D eigenvalue weighted by Gasteiger charge is -2.31. The molecule has 0 aromatic rings. The molecule has 1 saturated heterocycles. The molecule has 0 bridgehead atoms. The Morgan fingerprint density at radius 3 is 2.91 bits per heavy atom. The zero-order valence-electron chi connectivity index (χ0n) is 7.05. The highest BCUT2D eigenvalue weighted by molar-refractivity contribution is 9.09. The van der Waals surface area contributed by atoms with E-state index in [1.54, 1.807) is 0 Å². The third-order valence-corrected chi connectivity index (χ3v) is 2.73. The Balaban J connectivity index is 2.34. The molecule has 11 heavy (non-hydrogen) atoms. The van der Waals surface area contributed by atoms with Gasteiger partial charge in [-0.3, -0.25) is 0 Å². The van der Waals surface area contributed by atoms with Crippen molar-refractivity contribution in [3.63, 3.8) is 0 Å². The van der Waals surface area contributed by atoms with Crippen LogP contribution in [0.25, 0.3) is 0 Å². The van der Waals surface area contributed by atoms with Crippen LogP contribution < -0.4 is 0 Å². The van der Waals surface area contributed by atoms with Gasteiger partial charge in [-0.05, 0) is 26.7 Å². The summed E-state index contributed by atoms with van der Waals surface area (Å²) in [4.78, 5) is 0.374. The molecule has 0 N–H and O–H groups in total. The van der Waals surface area contributed by atoms with Gasteiger partial charge in [0, 0.05) is 6.61 Å². The summed E-state index contributed by atoms with van der Waals surface area (Å²) < 4.78 is 11.0. The number of alkyl halides is 1. The first-order valence-electron chi connectivity index (χ1n) is 4.15. The first kappa shape index (κ1) is 9.49. The molecule has 1 rings (SSSR count). The van der Waals surface area contributed by atoms with Crippen LogP contribution in [0.4, 0.5) is 0 Å². The molecule has 0 radical (unpaired) electrons. The fourth-order valence-corrected chi connectivity index (χ4v) is 1.76. The average molecular weight is 223 g/mol. The van der Waals surface area contributed by atoms with E-state index in [1.165, 1.54) is 0 Å². The van der Waals surface area contributed by atoms with Gasteiger partial charge in [0.15, 0.2) is 6.29 Å². The molecular formula is C8H15BrO2. The zero-order valence-corrected chi connectivity index (χ0v) is 8.63. The Morgan fingerprint density at radius 2 is 2.27 bits per heavy atom. The van der Waals surface area contributed by atoms with Gasteiger partial charge >= 0.3 is 0 Å². The molecule has 1 aliphatic heterocycles. The van der Waals surface area contributed by atoms with Crippen LogP contribution in [0.2, 0.25) is 0 Å². The summed E-state index contributed by atoms with van der Waals surface area (Å²) >= 11 is 3.53. The van der Waals surface area contributed by atoms with Crippen molar-refractivity contribution in [2.45, 2.75) is 43.9 Å². The van der Waals surface area contributed by atoms with E-state index in [0.29, 0.717) is 10.9 Å². The SMILES string of the molecule is CCOC1OC(C)CCC1Br. The van der Waals surface area contributed by atoms with Gasteiger partial charge in [0.25, 0.3) is 0 Å². The van der Waals surface area contributed by atoms with E-state index in [1.807, 2.05) is 6.92 Å². The number of rotatable bonds is 2. The summed E-state index contributed by atoms with van der Waals surface area (Å²) in [5.41, 5.74) is 0. The molecule has 0 amide bonds. The van der Waals surface area contributed by atoms with Gasteiger partial charge in [-0.2, -0.15) is 0 Å². The van der Waals surface area contributed by atoms with Crippen LogP contribution in [-0.2, 0) is 9.47 Å². The lowest BCUT2D eigenvalue weighted by atomic mass is 10.1. The van der Waals surface area contributed by atoms with E-state index in [0.717, 1.165) is 19.4 Å². The normalized spacial score (nSPS) is 39.0. The molecule has 3 atom stereocenters. The molecule has 0 aliphatic carbocycles.